The lowest BCUT2D eigenvalue weighted by atomic mass is 10.2. The Morgan fingerprint density at radius 2 is 1.97 bits per heavy atom. The Labute approximate surface area is 190 Å². The Balaban J connectivity index is 1.52. The summed E-state index contributed by atoms with van der Waals surface area (Å²) in [6.45, 7) is 0.507. The molecule has 3 aromatic heterocycles. The second-order valence-electron chi connectivity index (χ2n) is 6.70. The number of thioether (sulfide) groups is 1. The van der Waals surface area contributed by atoms with Gasteiger partial charge in [-0.3, -0.25) is 14.2 Å². The molecule has 0 unspecified atom stereocenters. The molecule has 0 aliphatic heterocycles. The summed E-state index contributed by atoms with van der Waals surface area (Å²) >= 11 is 10.2. The number of nitrogens with zero attached hydrogens (tertiary/aromatic N) is 3. The zero-order valence-electron chi connectivity index (χ0n) is 16.3. The molecule has 154 valence electrons. The molecule has 0 radical (unpaired) electrons. The number of hydrogen-bond donors (Lipinski definition) is 0. The quantitative estimate of drug-likeness (QED) is 0.286. The summed E-state index contributed by atoms with van der Waals surface area (Å²) in [7, 11) is 3.45. The summed E-state index contributed by atoms with van der Waals surface area (Å²) in [6.07, 6.45) is 0. The van der Waals surface area contributed by atoms with Gasteiger partial charge in [0.25, 0.3) is 5.56 Å². The van der Waals surface area contributed by atoms with Crippen molar-refractivity contribution in [2.24, 2.45) is 7.05 Å². The minimum Gasteiger partial charge on any atom is -0.340 e. The van der Waals surface area contributed by atoms with Crippen molar-refractivity contribution < 1.29 is 4.79 Å². The van der Waals surface area contributed by atoms with Gasteiger partial charge in [0.15, 0.2) is 5.16 Å². The first kappa shape index (κ1) is 21.1. The maximum Gasteiger partial charge on any atom is 0.262 e. The molecule has 0 aliphatic rings. The van der Waals surface area contributed by atoms with E-state index in [0.29, 0.717) is 26.3 Å². The molecule has 4 aromatic rings. The van der Waals surface area contributed by atoms with E-state index in [1.807, 2.05) is 48.5 Å². The van der Waals surface area contributed by atoms with Crippen LogP contribution in [0.2, 0.25) is 4.34 Å². The van der Waals surface area contributed by atoms with Crippen molar-refractivity contribution in [3.8, 4) is 10.4 Å². The highest BCUT2D eigenvalue weighted by molar-refractivity contribution is 7.99. The molecule has 1 amide bonds. The molecule has 0 saturated carbocycles. The number of benzene rings is 1. The predicted octanol–water partition coefficient (Wildman–Crippen LogP) is 5.13. The fraction of sp³-hybridized carbons (Fsp3) is 0.190. The van der Waals surface area contributed by atoms with Gasteiger partial charge in [-0.1, -0.05) is 53.7 Å². The first-order valence-electron chi connectivity index (χ1n) is 9.09. The van der Waals surface area contributed by atoms with Crippen LogP contribution in [0.15, 0.2) is 58.5 Å². The molecular formula is C21H18ClN3O2S3. The number of rotatable bonds is 6. The Morgan fingerprint density at radius 3 is 2.67 bits per heavy atom. The van der Waals surface area contributed by atoms with Crippen molar-refractivity contribution in [2.75, 3.05) is 12.8 Å². The smallest absolute Gasteiger partial charge is 0.262 e. The summed E-state index contributed by atoms with van der Waals surface area (Å²) in [4.78, 5) is 34.4. The first-order chi connectivity index (χ1) is 14.4. The van der Waals surface area contributed by atoms with E-state index in [4.69, 9.17) is 11.6 Å². The van der Waals surface area contributed by atoms with Crippen LogP contribution in [0.3, 0.4) is 0 Å². The van der Waals surface area contributed by atoms with Gasteiger partial charge in [0, 0.05) is 23.8 Å². The van der Waals surface area contributed by atoms with E-state index in [1.165, 1.54) is 39.0 Å². The molecule has 0 atom stereocenters. The van der Waals surface area contributed by atoms with Crippen LogP contribution < -0.4 is 5.56 Å². The van der Waals surface area contributed by atoms with Crippen LogP contribution in [0.5, 0.6) is 0 Å². The Kier molecular flexibility index (Phi) is 6.29. The largest absolute Gasteiger partial charge is 0.340 e. The summed E-state index contributed by atoms with van der Waals surface area (Å²) in [5, 5.41) is 1.14. The molecule has 5 nitrogen and oxygen atoms in total. The zero-order chi connectivity index (χ0) is 21.3. The van der Waals surface area contributed by atoms with Gasteiger partial charge in [0.05, 0.1) is 22.0 Å². The van der Waals surface area contributed by atoms with Gasteiger partial charge in [0.2, 0.25) is 5.91 Å². The molecule has 0 fully saturated rings. The molecule has 0 saturated heterocycles. The van der Waals surface area contributed by atoms with Crippen LogP contribution >= 0.6 is 46.0 Å². The highest BCUT2D eigenvalue weighted by atomic mass is 35.5. The lowest BCUT2D eigenvalue weighted by Crippen LogP contribution is -2.28. The average molecular weight is 476 g/mol. The maximum absolute atomic E-state index is 12.8. The van der Waals surface area contributed by atoms with Crippen LogP contribution in [0, 0.1) is 0 Å². The van der Waals surface area contributed by atoms with E-state index in [0.717, 1.165) is 15.3 Å². The maximum atomic E-state index is 12.8. The monoisotopic (exact) mass is 475 g/mol. The number of hydrogen-bond acceptors (Lipinski definition) is 6. The fourth-order valence-corrected chi connectivity index (χ4v) is 6.05. The molecule has 3 heterocycles. The average Bonchev–Trinajstić information content (AvgIpc) is 3.36. The lowest BCUT2D eigenvalue weighted by molar-refractivity contribution is -0.127. The van der Waals surface area contributed by atoms with Gasteiger partial charge >= 0.3 is 0 Å². The number of halogens is 1. The van der Waals surface area contributed by atoms with Crippen LogP contribution in [0.25, 0.3) is 20.7 Å². The summed E-state index contributed by atoms with van der Waals surface area (Å²) < 4.78 is 2.22. The van der Waals surface area contributed by atoms with Crippen LogP contribution in [-0.2, 0) is 18.4 Å². The van der Waals surface area contributed by atoms with E-state index in [1.54, 1.807) is 19.0 Å². The molecular weight excluding hydrogens is 458 g/mol. The second kappa shape index (κ2) is 8.93. The van der Waals surface area contributed by atoms with Crippen molar-refractivity contribution in [1.29, 1.82) is 0 Å². The van der Waals surface area contributed by atoms with E-state index in [2.05, 4.69) is 4.98 Å². The summed E-state index contributed by atoms with van der Waals surface area (Å²) in [5.74, 6) is 0.174. The molecule has 0 N–H and O–H groups in total. The van der Waals surface area contributed by atoms with Gasteiger partial charge in [-0.2, -0.15) is 0 Å². The molecule has 30 heavy (non-hydrogen) atoms. The topological polar surface area (TPSA) is 55.2 Å². The summed E-state index contributed by atoms with van der Waals surface area (Å²) in [6, 6.07) is 15.6. The predicted molar refractivity (Wildman–Crippen MR) is 127 cm³/mol. The number of aromatic nitrogens is 2. The van der Waals surface area contributed by atoms with Crippen LogP contribution in [0.4, 0.5) is 0 Å². The normalized spacial score (nSPS) is 11.2. The van der Waals surface area contributed by atoms with E-state index >= 15 is 0 Å². The van der Waals surface area contributed by atoms with Gasteiger partial charge < -0.3 is 4.90 Å². The van der Waals surface area contributed by atoms with Crippen molar-refractivity contribution in [3.63, 3.8) is 0 Å². The van der Waals surface area contributed by atoms with E-state index in [-0.39, 0.29) is 17.2 Å². The Hall–Kier alpha value is -2.13. The summed E-state index contributed by atoms with van der Waals surface area (Å²) in [5.41, 5.74) is 0.956. The SMILES string of the molecule is CN(Cc1ccc(Cl)s1)C(=O)CSc1nc2sc(-c3ccccc3)cc2c(=O)n1C. The van der Waals surface area contributed by atoms with Crippen molar-refractivity contribution >= 4 is 62.2 Å². The van der Waals surface area contributed by atoms with Crippen molar-refractivity contribution in [1.82, 2.24) is 14.5 Å². The van der Waals surface area contributed by atoms with Gasteiger partial charge in [-0.15, -0.1) is 22.7 Å². The number of carbonyl (C=O) groups is 1. The molecule has 9 heteroatoms. The van der Waals surface area contributed by atoms with Gasteiger partial charge in [0.1, 0.15) is 4.83 Å². The highest BCUT2D eigenvalue weighted by Gasteiger charge is 2.16. The third-order valence-electron chi connectivity index (χ3n) is 4.56. The number of carbonyl (C=O) groups excluding carboxylic acids is 1. The molecule has 0 bridgehead atoms. The van der Waals surface area contributed by atoms with Crippen molar-refractivity contribution in [3.05, 3.63) is 68.1 Å². The number of thiophene rings is 2. The van der Waals surface area contributed by atoms with Crippen LogP contribution in [-0.4, -0.2) is 33.2 Å². The third kappa shape index (κ3) is 4.46. The Morgan fingerprint density at radius 1 is 1.20 bits per heavy atom. The second-order valence-corrected chi connectivity index (χ2v) is 10.5. The van der Waals surface area contributed by atoms with E-state index < -0.39 is 0 Å². The number of fused-ring (bicyclic) bond motifs is 1. The van der Waals surface area contributed by atoms with E-state index in [9.17, 15) is 9.59 Å². The standard InChI is InChI=1S/C21H18ClN3O2S3/c1-24(11-14-8-9-17(22)29-14)18(26)12-28-21-23-19-15(20(27)25(21)2)10-16(30-19)13-6-4-3-5-7-13/h3-10H,11-12H2,1-2H3. The molecule has 0 aliphatic carbocycles. The Bertz CT molecular complexity index is 1260. The van der Waals surface area contributed by atoms with Crippen molar-refractivity contribution in [2.45, 2.75) is 11.7 Å². The lowest BCUT2D eigenvalue weighted by Gasteiger charge is -2.16. The van der Waals surface area contributed by atoms with Gasteiger partial charge in [-0.05, 0) is 23.8 Å². The minimum absolute atomic E-state index is 0.0324. The van der Waals surface area contributed by atoms with Gasteiger partial charge in [-0.25, -0.2) is 4.98 Å². The zero-order valence-corrected chi connectivity index (χ0v) is 19.5. The fourth-order valence-electron chi connectivity index (χ4n) is 2.92. The molecule has 0 spiro atoms. The first-order valence-corrected chi connectivity index (χ1v) is 12.1. The minimum atomic E-state index is -0.102. The third-order valence-corrected chi connectivity index (χ3v) is 7.87. The number of amides is 1. The highest BCUT2D eigenvalue weighted by Crippen LogP contribution is 2.32. The molecule has 4 rings (SSSR count). The molecule has 1 aromatic carbocycles. The van der Waals surface area contributed by atoms with Crippen LogP contribution in [0.1, 0.15) is 4.88 Å².